The molecule has 2 aromatic carbocycles. The summed E-state index contributed by atoms with van der Waals surface area (Å²) in [7, 11) is 0. The number of aromatic nitrogens is 1. The second kappa shape index (κ2) is 15.7. The van der Waals surface area contributed by atoms with E-state index < -0.39 is 35.6 Å². The number of pyridine rings is 1. The first-order valence-electron chi connectivity index (χ1n) is 15.9. The van der Waals surface area contributed by atoms with Gasteiger partial charge in [0.05, 0.1) is 23.9 Å². The van der Waals surface area contributed by atoms with E-state index in [1.165, 1.54) is 4.90 Å². The van der Waals surface area contributed by atoms with E-state index in [1.807, 2.05) is 49.1 Å². The van der Waals surface area contributed by atoms with Gasteiger partial charge in [-0.15, -0.1) is 0 Å². The van der Waals surface area contributed by atoms with Gasteiger partial charge in [0.2, 0.25) is 17.5 Å². The van der Waals surface area contributed by atoms with Gasteiger partial charge in [-0.05, 0) is 62.6 Å². The standard InChI is InChI=1S/C35H44N6O6/c1-5-47-34(45)35(46,18-10-12-23(2)3)39-32(43)29(38-31(42)25-13-7-6-8-14-25)20-26-21-40(33(44)24(4)36)22-41(26)30-17-9-16-28-27(30)15-11-19-37-28/h6-9,11,13-17,19,21,23-24,29,46H,5,10,12,18,20,22,36H2,1-4H3,(H,38,42)(H,39,43)/t24-,29+,35?/m0/s1. The monoisotopic (exact) mass is 644 g/mol. The fraction of sp³-hybridized carbons (Fsp3) is 0.400. The number of amides is 3. The quantitative estimate of drug-likeness (QED) is 0.152. The van der Waals surface area contributed by atoms with Gasteiger partial charge in [-0.25, -0.2) is 4.79 Å². The van der Waals surface area contributed by atoms with Crippen LogP contribution < -0.4 is 21.3 Å². The van der Waals surface area contributed by atoms with Gasteiger partial charge < -0.3 is 31.1 Å². The smallest absolute Gasteiger partial charge is 0.359 e. The molecule has 1 aliphatic rings. The summed E-state index contributed by atoms with van der Waals surface area (Å²) in [4.78, 5) is 61.3. The first-order chi connectivity index (χ1) is 22.4. The van der Waals surface area contributed by atoms with Gasteiger partial charge in [-0.3, -0.25) is 24.3 Å². The Kier molecular flexibility index (Phi) is 11.7. The summed E-state index contributed by atoms with van der Waals surface area (Å²) in [6, 6.07) is 15.6. The highest BCUT2D eigenvalue weighted by atomic mass is 16.6. The lowest BCUT2D eigenvalue weighted by atomic mass is 9.99. The van der Waals surface area contributed by atoms with Gasteiger partial charge in [0.1, 0.15) is 12.7 Å². The number of hydrogen-bond donors (Lipinski definition) is 4. The Morgan fingerprint density at radius 2 is 1.79 bits per heavy atom. The highest BCUT2D eigenvalue weighted by molar-refractivity contribution is 5.99. The molecule has 3 aromatic rings. The van der Waals surface area contributed by atoms with Gasteiger partial charge in [0.25, 0.3) is 5.91 Å². The minimum Gasteiger partial charge on any atom is -0.462 e. The Hall–Kier alpha value is -4.81. The average molecular weight is 645 g/mol. The first kappa shape index (κ1) is 35.1. The third-order valence-corrected chi connectivity index (χ3v) is 7.87. The number of nitrogens with two attached hydrogens (primary N) is 1. The lowest BCUT2D eigenvalue weighted by Gasteiger charge is -2.31. The van der Waals surface area contributed by atoms with Crippen LogP contribution in [0.5, 0.6) is 0 Å². The van der Waals surface area contributed by atoms with Crippen molar-refractivity contribution in [2.45, 2.75) is 71.2 Å². The number of carbonyl (C=O) groups excluding carboxylic acids is 4. The van der Waals surface area contributed by atoms with Crippen LogP contribution in [0.4, 0.5) is 5.69 Å². The number of nitrogens with one attached hydrogen (secondary N) is 2. The van der Waals surface area contributed by atoms with Crippen molar-refractivity contribution in [3.05, 3.63) is 84.3 Å². The highest BCUT2D eigenvalue weighted by Gasteiger charge is 2.41. The second-order valence-corrected chi connectivity index (χ2v) is 12.1. The molecule has 1 aliphatic heterocycles. The Morgan fingerprint density at radius 1 is 1.04 bits per heavy atom. The Bertz CT molecular complexity index is 1610. The molecule has 3 amide bonds. The molecule has 12 heteroatoms. The van der Waals surface area contributed by atoms with Crippen molar-refractivity contribution in [1.82, 2.24) is 20.5 Å². The Morgan fingerprint density at radius 3 is 2.47 bits per heavy atom. The largest absolute Gasteiger partial charge is 0.462 e. The third-order valence-electron chi connectivity index (χ3n) is 7.87. The first-order valence-corrected chi connectivity index (χ1v) is 15.9. The number of carbonyl (C=O) groups is 4. The van der Waals surface area contributed by atoms with Crippen LogP contribution in [0, 0.1) is 5.92 Å². The summed E-state index contributed by atoms with van der Waals surface area (Å²) in [5, 5.41) is 17.5. The molecule has 0 aliphatic carbocycles. The average Bonchev–Trinajstić information content (AvgIpc) is 3.47. The van der Waals surface area contributed by atoms with Crippen LogP contribution in [0.15, 0.2) is 78.8 Å². The number of benzene rings is 2. The molecule has 0 saturated heterocycles. The van der Waals surface area contributed by atoms with Crippen LogP contribution in [0.3, 0.4) is 0 Å². The van der Waals surface area contributed by atoms with E-state index in [0.29, 0.717) is 30.0 Å². The van der Waals surface area contributed by atoms with Gasteiger partial charge in [-0.1, -0.05) is 44.5 Å². The molecular formula is C35H44N6O6. The van der Waals surface area contributed by atoms with Crippen LogP contribution in [0.2, 0.25) is 0 Å². The number of esters is 1. The number of rotatable bonds is 14. The van der Waals surface area contributed by atoms with E-state index in [0.717, 1.165) is 16.6 Å². The van der Waals surface area contributed by atoms with Crippen LogP contribution >= 0.6 is 0 Å². The number of ether oxygens (including phenoxy) is 1. The number of aliphatic hydroxyl groups is 1. The Labute approximate surface area is 275 Å². The zero-order valence-corrected chi connectivity index (χ0v) is 27.3. The van der Waals surface area contributed by atoms with E-state index in [9.17, 15) is 24.3 Å². The summed E-state index contributed by atoms with van der Waals surface area (Å²) in [5.41, 5.74) is 5.93. The summed E-state index contributed by atoms with van der Waals surface area (Å²) >= 11 is 0. The number of nitrogens with zero attached hydrogens (tertiary/aromatic N) is 3. The number of fused-ring (bicyclic) bond motifs is 1. The fourth-order valence-corrected chi connectivity index (χ4v) is 5.42. The van der Waals surface area contributed by atoms with Gasteiger partial charge in [-0.2, -0.15) is 0 Å². The van der Waals surface area contributed by atoms with Gasteiger partial charge >= 0.3 is 5.97 Å². The molecular weight excluding hydrogens is 600 g/mol. The van der Waals surface area contributed by atoms with Gasteiger partial charge in [0.15, 0.2) is 0 Å². The molecule has 47 heavy (non-hydrogen) atoms. The zero-order valence-electron chi connectivity index (χ0n) is 27.3. The van der Waals surface area contributed by atoms with Crippen molar-refractivity contribution < 1.29 is 29.0 Å². The maximum atomic E-state index is 14.0. The topological polar surface area (TPSA) is 167 Å². The molecule has 5 N–H and O–H groups in total. The van der Waals surface area contributed by atoms with Crippen molar-refractivity contribution in [2.75, 3.05) is 18.2 Å². The molecule has 0 bridgehead atoms. The van der Waals surface area contributed by atoms with E-state index >= 15 is 0 Å². The van der Waals surface area contributed by atoms with Crippen molar-refractivity contribution in [1.29, 1.82) is 0 Å². The van der Waals surface area contributed by atoms with Crippen LogP contribution in [0.25, 0.3) is 10.9 Å². The minimum atomic E-state index is -2.32. The predicted octanol–water partition coefficient (Wildman–Crippen LogP) is 3.41. The molecule has 0 radical (unpaired) electrons. The molecule has 0 saturated carbocycles. The van der Waals surface area contributed by atoms with Crippen molar-refractivity contribution in [2.24, 2.45) is 11.7 Å². The van der Waals surface area contributed by atoms with Crippen molar-refractivity contribution in [3.63, 3.8) is 0 Å². The number of anilines is 1. The molecule has 4 rings (SSSR count). The highest BCUT2D eigenvalue weighted by Crippen LogP contribution is 2.33. The van der Waals surface area contributed by atoms with Crippen molar-refractivity contribution >= 4 is 40.3 Å². The minimum absolute atomic E-state index is 0.000526. The van der Waals surface area contributed by atoms with Crippen LogP contribution in [-0.2, 0) is 19.1 Å². The zero-order chi connectivity index (χ0) is 34.1. The SMILES string of the molecule is CCOC(=O)C(O)(CCCC(C)C)NC(=O)[C@@H](CC1=CN(C(=O)[C@H](C)N)CN1c1cccc2ncccc12)NC(=O)c1ccccc1. The van der Waals surface area contributed by atoms with Gasteiger partial charge in [0, 0.05) is 41.9 Å². The second-order valence-electron chi connectivity index (χ2n) is 12.1. The number of hydrogen-bond acceptors (Lipinski definition) is 9. The van der Waals surface area contributed by atoms with E-state index in [4.69, 9.17) is 10.5 Å². The lowest BCUT2D eigenvalue weighted by molar-refractivity contribution is -0.172. The molecule has 250 valence electrons. The molecule has 0 spiro atoms. The lowest BCUT2D eigenvalue weighted by Crippen LogP contribution is -2.60. The van der Waals surface area contributed by atoms with Crippen molar-refractivity contribution in [3.8, 4) is 0 Å². The Balaban J connectivity index is 1.72. The van der Waals surface area contributed by atoms with E-state index in [-0.39, 0.29) is 32.0 Å². The summed E-state index contributed by atoms with van der Waals surface area (Å²) in [6.07, 6.45) is 4.26. The van der Waals surface area contributed by atoms with Crippen LogP contribution in [-0.4, -0.2) is 69.8 Å². The predicted molar refractivity (Wildman–Crippen MR) is 178 cm³/mol. The van der Waals surface area contributed by atoms with E-state index in [1.54, 1.807) is 56.6 Å². The molecule has 2 heterocycles. The normalized spacial score (nSPS) is 15.5. The third kappa shape index (κ3) is 8.72. The fourth-order valence-electron chi connectivity index (χ4n) is 5.42. The van der Waals surface area contributed by atoms with Crippen LogP contribution in [0.1, 0.15) is 63.7 Å². The summed E-state index contributed by atoms with van der Waals surface area (Å²) in [5.74, 6) is -2.34. The maximum absolute atomic E-state index is 14.0. The maximum Gasteiger partial charge on any atom is 0.359 e. The molecule has 1 unspecified atom stereocenters. The molecule has 0 fully saturated rings. The molecule has 12 nitrogen and oxygen atoms in total. The summed E-state index contributed by atoms with van der Waals surface area (Å²) < 4.78 is 5.14. The molecule has 3 atom stereocenters. The summed E-state index contributed by atoms with van der Waals surface area (Å²) in [6.45, 7) is 7.34. The molecule has 1 aromatic heterocycles. The van der Waals surface area contributed by atoms with E-state index in [2.05, 4.69) is 15.6 Å².